The minimum atomic E-state index is -0.533. The molecule has 3 heterocycles. The summed E-state index contributed by atoms with van der Waals surface area (Å²) in [7, 11) is 1.57. The van der Waals surface area contributed by atoms with E-state index < -0.39 is 5.97 Å². The zero-order valence-electron chi connectivity index (χ0n) is 17.7. The molecule has 2 aromatic carbocycles. The highest BCUT2D eigenvalue weighted by molar-refractivity contribution is 6.16. The second kappa shape index (κ2) is 7.81. The predicted octanol–water partition coefficient (Wildman–Crippen LogP) is 5.06. The van der Waals surface area contributed by atoms with Crippen LogP contribution in [0.25, 0.3) is 27.3 Å². The van der Waals surface area contributed by atoms with Crippen molar-refractivity contribution in [3.63, 3.8) is 0 Å². The first-order chi connectivity index (χ1) is 15.6. The zero-order chi connectivity index (χ0) is 22.2. The summed E-state index contributed by atoms with van der Waals surface area (Å²) in [6, 6.07) is 20.2. The molecule has 0 unspecified atom stereocenters. The van der Waals surface area contributed by atoms with Gasteiger partial charge in [0, 0.05) is 28.0 Å². The summed E-state index contributed by atoms with van der Waals surface area (Å²) in [5.74, 6) is -0.168. The lowest BCUT2D eigenvalue weighted by atomic mass is 10.0. The number of ketones is 1. The highest BCUT2D eigenvalue weighted by Crippen LogP contribution is 2.30. The molecule has 32 heavy (non-hydrogen) atoms. The van der Waals surface area contributed by atoms with Gasteiger partial charge in [-0.2, -0.15) is 0 Å². The third-order valence-corrected chi connectivity index (χ3v) is 5.53. The first kappa shape index (κ1) is 19.8. The van der Waals surface area contributed by atoms with Gasteiger partial charge in [-0.15, -0.1) is 0 Å². The molecule has 0 spiro atoms. The van der Waals surface area contributed by atoms with E-state index in [0.29, 0.717) is 11.3 Å². The number of pyridine rings is 2. The van der Waals surface area contributed by atoms with E-state index in [9.17, 15) is 9.59 Å². The van der Waals surface area contributed by atoms with Gasteiger partial charge in [0.15, 0.2) is 0 Å². The third kappa shape index (κ3) is 3.08. The van der Waals surface area contributed by atoms with Gasteiger partial charge in [0.05, 0.1) is 30.3 Å². The standard InChI is InChI=1S/C26H20N2O4/c1-3-32-26(30)21-15-19-11-8-17-7-6-16-5-4-14-27-22(16)23(17)28(19)24(21)25(29)18-9-12-20(31-2)13-10-18/h4-15H,3H2,1-2H3. The molecule has 3 aromatic heterocycles. The van der Waals surface area contributed by atoms with E-state index in [1.54, 1.807) is 50.6 Å². The van der Waals surface area contributed by atoms with Crippen LogP contribution in [-0.2, 0) is 4.74 Å². The van der Waals surface area contributed by atoms with E-state index in [1.165, 1.54) is 0 Å². The molecule has 0 N–H and O–H groups in total. The van der Waals surface area contributed by atoms with Crippen LogP contribution < -0.4 is 4.74 Å². The lowest BCUT2D eigenvalue weighted by molar-refractivity contribution is 0.0523. The smallest absolute Gasteiger partial charge is 0.340 e. The Morgan fingerprint density at radius 2 is 1.72 bits per heavy atom. The van der Waals surface area contributed by atoms with Crippen LogP contribution in [0.5, 0.6) is 5.75 Å². The van der Waals surface area contributed by atoms with Crippen LogP contribution in [0.2, 0.25) is 0 Å². The van der Waals surface area contributed by atoms with Crippen molar-refractivity contribution >= 4 is 39.1 Å². The second-order valence-electron chi connectivity index (χ2n) is 7.36. The molecule has 6 nitrogen and oxygen atoms in total. The van der Waals surface area contributed by atoms with E-state index in [0.717, 1.165) is 27.3 Å². The molecule has 0 bridgehead atoms. The number of methoxy groups -OCH3 is 1. The molecule has 0 atom stereocenters. The Bertz CT molecular complexity index is 1500. The number of nitrogens with zero attached hydrogens (tertiary/aromatic N) is 2. The average molecular weight is 424 g/mol. The number of hydrogen-bond acceptors (Lipinski definition) is 5. The van der Waals surface area contributed by atoms with Crippen molar-refractivity contribution in [3.05, 3.63) is 89.7 Å². The molecular formula is C26H20N2O4. The van der Waals surface area contributed by atoms with Crippen LogP contribution in [0, 0.1) is 0 Å². The van der Waals surface area contributed by atoms with Crippen LogP contribution in [0.4, 0.5) is 0 Å². The number of ether oxygens (including phenoxy) is 2. The van der Waals surface area contributed by atoms with Crippen molar-refractivity contribution < 1.29 is 19.1 Å². The van der Waals surface area contributed by atoms with Gasteiger partial charge < -0.3 is 13.9 Å². The van der Waals surface area contributed by atoms with Crippen LogP contribution in [0.1, 0.15) is 33.3 Å². The van der Waals surface area contributed by atoms with E-state index in [2.05, 4.69) is 4.98 Å². The second-order valence-corrected chi connectivity index (χ2v) is 7.36. The van der Waals surface area contributed by atoms with Crippen LogP contribution >= 0.6 is 0 Å². The largest absolute Gasteiger partial charge is 0.497 e. The first-order valence-electron chi connectivity index (χ1n) is 10.3. The highest BCUT2D eigenvalue weighted by atomic mass is 16.5. The number of aromatic nitrogens is 2. The van der Waals surface area contributed by atoms with Gasteiger partial charge in [-0.3, -0.25) is 9.78 Å². The topological polar surface area (TPSA) is 69.9 Å². The van der Waals surface area contributed by atoms with Crippen molar-refractivity contribution in [2.45, 2.75) is 6.92 Å². The van der Waals surface area contributed by atoms with Crippen LogP contribution in [-0.4, -0.2) is 34.9 Å². The quantitative estimate of drug-likeness (QED) is 0.224. The highest BCUT2D eigenvalue weighted by Gasteiger charge is 2.26. The van der Waals surface area contributed by atoms with E-state index in [1.807, 2.05) is 40.8 Å². The van der Waals surface area contributed by atoms with Gasteiger partial charge in [-0.05, 0) is 49.4 Å². The summed E-state index contributed by atoms with van der Waals surface area (Å²) in [5, 5.41) is 1.86. The van der Waals surface area contributed by atoms with Gasteiger partial charge in [0.1, 0.15) is 11.4 Å². The Morgan fingerprint density at radius 1 is 0.969 bits per heavy atom. The molecule has 158 valence electrons. The zero-order valence-corrected chi connectivity index (χ0v) is 17.7. The molecule has 0 saturated heterocycles. The van der Waals surface area contributed by atoms with E-state index in [4.69, 9.17) is 9.47 Å². The summed E-state index contributed by atoms with van der Waals surface area (Å²) < 4.78 is 12.3. The fraction of sp³-hybridized carbons (Fsp3) is 0.115. The molecule has 0 aliphatic heterocycles. The maximum absolute atomic E-state index is 13.7. The summed E-state index contributed by atoms with van der Waals surface area (Å²) in [5.41, 5.74) is 3.18. The third-order valence-electron chi connectivity index (χ3n) is 5.53. The molecule has 5 aromatic rings. The van der Waals surface area contributed by atoms with Crippen molar-refractivity contribution in [1.82, 2.24) is 9.38 Å². The van der Waals surface area contributed by atoms with Gasteiger partial charge in [0.25, 0.3) is 0 Å². The average Bonchev–Trinajstić information content (AvgIpc) is 3.23. The Balaban J connectivity index is 1.88. The number of esters is 1. The summed E-state index contributed by atoms with van der Waals surface area (Å²) in [4.78, 5) is 31.2. The Morgan fingerprint density at radius 3 is 2.47 bits per heavy atom. The fourth-order valence-electron chi connectivity index (χ4n) is 4.05. The maximum Gasteiger partial charge on any atom is 0.340 e. The molecule has 0 amide bonds. The molecule has 6 heteroatoms. The van der Waals surface area contributed by atoms with E-state index >= 15 is 0 Å². The monoisotopic (exact) mass is 424 g/mol. The van der Waals surface area contributed by atoms with Gasteiger partial charge in [-0.25, -0.2) is 4.79 Å². The maximum atomic E-state index is 13.7. The Hall–Kier alpha value is -4.19. The normalized spacial score (nSPS) is 11.2. The molecule has 0 aliphatic rings. The molecule has 0 fully saturated rings. The van der Waals surface area contributed by atoms with Crippen molar-refractivity contribution in [3.8, 4) is 5.75 Å². The van der Waals surface area contributed by atoms with Gasteiger partial charge in [-0.1, -0.05) is 24.3 Å². The number of hydrogen-bond donors (Lipinski definition) is 0. The summed E-state index contributed by atoms with van der Waals surface area (Å²) in [6.07, 6.45) is 1.72. The summed E-state index contributed by atoms with van der Waals surface area (Å²) >= 11 is 0. The van der Waals surface area contributed by atoms with Crippen molar-refractivity contribution in [2.24, 2.45) is 0 Å². The number of rotatable bonds is 5. The Labute approximate surface area is 184 Å². The number of carbonyl (C=O) groups excluding carboxylic acids is 2. The van der Waals surface area contributed by atoms with Gasteiger partial charge >= 0.3 is 5.97 Å². The molecular weight excluding hydrogens is 404 g/mol. The molecule has 0 aliphatic carbocycles. The van der Waals surface area contributed by atoms with Crippen LogP contribution in [0.3, 0.4) is 0 Å². The molecule has 5 rings (SSSR count). The predicted molar refractivity (Wildman–Crippen MR) is 123 cm³/mol. The van der Waals surface area contributed by atoms with Crippen molar-refractivity contribution in [1.29, 1.82) is 0 Å². The SMILES string of the molecule is CCOC(=O)c1cc2ccc3ccc4cccnc4c3n2c1C(=O)c1ccc(OC)cc1. The molecule has 0 saturated carbocycles. The fourth-order valence-corrected chi connectivity index (χ4v) is 4.05. The minimum Gasteiger partial charge on any atom is -0.497 e. The lowest BCUT2D eigenvalue weighted by Crippen LogP contribution is -2.13. The van der Waals surface area contributed by atoms with Crippen molar-refractivity contribution in [2.75, 3.05) is 13.7 Å². The van der Waals surface area contributed by atoms with Gasteiger partial charge in [0.2, 0.25) is 5.78 Å². The minimum absolute atomic E-state index is 0.215. The summed E-state index contributed by atoms with van der Waals surface area (Å²) in [6.45, 7) is 1.96. The van der Waals surface area contributed by atoms with Crippen LogP contribution in [0.15, 0.2) is 72.9 Å². The number of fused-ring (bicyclic) bond motifs is 5. The molecule has 0 radical (unpaired) electrons. The van der Waals surface area contributed by atoms with E-state index in [-0.39, 0.29) is 23.6 Å². The first-order valence-corrected chi connectivity index (χ1v) is 10.3. The Kier molecular flexibility index (Phi) is 4.82. The number of carbonyl (C=O) groups is 2. The number of benzene rings is 2. The lowest BCUT2D eigenvalue weighted by Gasteiger charge is -2.11.